The van der Waals surface area contributed by atoms with Crippen LogP contribution in [-0.2, 0) is 0 Å². The van der Waals surface area contributed by atoms with Crippen LogP contribution in [0.4, 0.5) is 0 Å². The Hall–Kier alpha value is -1.61. The molecule has 1 aromatic carbocycles. The molecule has 0 amide bonds. The second kappa shape index (κ2) is 4.72. The number of rotatable bonds is 2. The summed E-state index contributed by atoms with van der Waals surface area (Å²) in [5.74, 6) is 0.589. The maximum Gasteiger partial charge on any atom is 0.0648 e. The van der Waals surface area contributed by atoms with Crippen LogP contribution in [0.15, 0.2) is 42.6 Å². The zero-order valence-electron chi connectivity index (χ0n) is 9.84. The number of aromatic nitrogens is 2. The minimum absolute atomic E-state index is 0.589. The standard InChI is InChI=1S/C14H17N3/c1-2-6-13(7-3-1)17-14(8-10-16-17)12-5-4-9-15-11-12/h1-3,6-8,10,12,15H,4-5,9,11H2/t12-/m0/s1. The summed E-state index contributed by atoms with van der Waals surface area (Å²) in [4.78, 5) is 0. The van der Waals surface area contributed by atoms with E-state index in [2.05, 4.69) is 45.4 Å². The van der Waals surface area contributed by atoms with Crippen molar-refractivity contribution in [1.29, 1.82) is 0 Å². The number of para-hydroxylation sites is 1. The summed E-state index contributed by atoms with van der Waals surface area (Å²) in [7, 11) is 0. The Bertz CT molecular complexity index is 469. The highest BCUT2D eigenvalue weighted by molar-refractivity contribution is 5.33. The third-order valence-electron chi connectivity index (χ3n) is 3.39. The van der Waals surface area contributed by atoms with Crippen molar-refractivity contribution in [3.05, 3.63) is 48.3 Å². The Morgan fingerprint density at radius 2 is 2.06 bits per heavy atom. The number of piperidine rings is 1. The third kappa shape index (κ3) is 2.11. The van der Waals surface area contributed by atoms with Crippen LogP contribution in [0.1, 0.15) is 24.5 Å². The van der Waals surface area contributed by atoms with Crippen LogP contribution in [0.25, 0.3) is 5.69 Å². The van der Waals surface area contributed by atoms with Crippen molar-refractivity contribution in [3.8, 4) is 5.69 Å². The fourth-order valence-electron chi connectivity index (χ4n) is 2.51. The predicted molar refractivity (Wildman–Crippen MR) is 68.4 cm³/mol. The van der Waals surface area contributed by atoms with Gasteiger partial charge in [-0.15, -0.1) is 0 Å². The van der Waals surface area contributed by atoms with Crippen LogP contribution >= 0.6 is 0 Å². The fourth-order valence-corrected chi connectivity index (χ4v) is 2.51. The number of nitrogens with one attached hydrogen (secondary N) is 1. The van der Waals surface area contributed by atoms with E-state index in [0.717, 1.165) is 18.8 Å². The SMILES string of the molecule is c1ccc(-n2nccc2[C@H]2CCCNC2)cc1. The van der Waals surface area contributed by atoms with E-state index < -0.39 is 0 Å². The van der Waals surface area contributed by atoms with Gasteiger partial charge in [-0.2, -0.15) is 5.10 Å². The van der Waals surface area contributed by atoms with Crippen molar-refractivity contribution in [2.24, 2.45) is 0 Å². The van der Waals surface area contributed by atoms with E-state index in [1.54, 1.807) is 0 Å². The van der Waals surface area contributed by atoms with Gasteiger partial charge in [-0.1, -0.05) is 18.2 Å². The van der Waals surface area contributed by atoms with Crippen LogP contribution in [0.3, 0.4) is 0 Å². The quantitative estimate of drug-likeness (QED) is 0.853. The first-order chi connectivity index (χ1) is 8.45. The fraction of sp³-hybridized carbons (Fsp3) is 0.357. The number of benzene rings is 1. The first-order valence-electron chi connectivity index (χ1n) is 6.25. The van der Waals surface area contributed by atoms with E-state index in [-0.39, 0.29) is 0 Å². The molecular formula is C14H17N3. The third-order valence-corrected chi connectivity index (χ3v) is 3.39. The maximum absolute atomic E-state index is 4.45. The second-order valence-corrected chi connectivity index (χ2v) is 4.55. The van der Waals surface area contributed by atoms with Crippen LogP contribution in [-0.4, -0.2) is 22.9 Å². The first-order valence-corrected chi connectivity index (χ1v) is 6.25. The molecule has 3 heteroatoms. The van der Waals surface area contributed by atoms with E-state index >= 15 is 0 Å². The van der Waals surface area contributed by atoms with Gasteiger partial charge in [0, 0.05) is 24.4 Å². The van der Waals surface area contributed by atoms with Crippen molar-refractivity contribution in [2.45, 2.75) is 18.8 Å². The number of nitrogens with zero attached hydrogens (tertiary/aromatic N) is 2. The molecule has 1 saturated heterocycles. The Morgan fingerprint density at radius 1 is 1.18 bits per heavy atom. The van der Waals surface area contributed by atoms with Crippen molar-refractivity contribution in [3.63, 3.8) is 0 Å². The largest absolute Gasteiger partial charge is 0.316 e. The molecule has 1 N–H and O–H groups in total. The molecule has 0 aliphatic carbocycles. The van der Waals surface area contributed by atoms with Crippen molar-refractivity contribution in [2.75, 3.05) is 13.1 Å². The van der Waals surface area contributed by atoms with E-state index in [9.17, 15) is 0 Å². The molecule has 1 aromatic heterocycles. The zero-order valence-corrected chi connectivity index (χ0v) is 9.84. The molecule has 0 radical (unpaired) electrons. The lowest BCUT2D eigenvalue weighted by Gasteiger charge is -2.23. The van der Waals surface area contributed by atoms with Crippen molar-refractivity contribution < 1.29 is 0 Å². The summed E-state index contributed by atoms with van der Waals surface area (Å²) < 4.78 is 2.07. The summed E-state index contributed by atoms with van der Waals surface area (Å²) in [6.07, 6.45) is 4.41. The highest BCUT2D eigenvalue weighted by Gasteiger charge is 2.19. The molecular weight excluding hydrogens is 210 g/mol. The van der Waals surface area contributed by atoms with Gasteiger partial charge >= 0.3 is 0 Å². The Balaban J connectivity index is 1.93. The molecule has 1 fully saturated rings. The van der Waals surface area contributed by atoms with Crippen LogP contribution < -0.4 is 5.32 Å². The Morgan fingerprint density at radius 3 is 2.82 bits per heavy atom. The monoisotopic (exact) mass is 227 g/mol. The lowest BCUT2D eigenvalue weighted by Crippen LogP contribution is -2.29. The molecule has 0 spiro atoms. The molecule has 3 rings (SSSR count). The molecule has 0 unspecified atom stereocenters. The molecule has 1 aliphatic rings. The highest BCUT2D eigenvalue weighted by Crippen LogP contribution is 2.24. The van der Waals surface area contributed by atoms with Gasteiger partial charge in [-0.25, -0.2) is 4.68 Å². The van der Waals surface area contributed by atoms with Gasteiger partial charge in [-0.05, 0) is 37.6 Å². The van der Waals surface area contributed by atoms with Gasteiger partial charge in [0.05, 0.1) is 5.69 Å². The normalized spacial score (nSPS) is 20.4. The van der Waals surface area contributed by atoms with Crippen LogP contribution in [0.5, 0.6) is 0 Å². The van der Waals surface area contributed by atoms with Gasteiger partial charge in [0.15, 0.2) is 0 Å². The average molecular weight is 227 g/mol. The predicted octanol–water partition coefficient (Wildman–Crippen LogP) is 2.34. The molecule has 17 heavy (non-hydrogen) atoms. The average Bonchev–Trinajstić information content (AvgIpc) is 2.90. The molecule has 3 nitrogen and oxygen atoms in total. The zero-order chi connectivity index (χ0) is 11.5. The van der Waals surface area contributed by atoms with Gasteiger partial charge < -0.3 is 5.32 Å². The molecule has 0 saturated carbocycles. The molecule has 88 valence electrons. The second-order valence-electron chi connectivity index (χ2n) is 4.55. The number of hydrogen-bond donors (Lipinski definition) is 1. The summed E-state index contributed by atoms with van der Waals surface area (Å²) in [6, 6.07) is 12.5. The summed E-state index contributed by atoms with van der Waals surface area (Å²) >= 11 is 0. The molecule has 0 bridgehead atoms. The summed E-state index contributed by atoms with van der Waals surface area (Å²) in [5, 5.41) is 7.91. The lowest BCUT2D eigenvalue weighted by molar-refractivity contribution is 0.447. The lowest BCUT2D eigenvalue weighted by atomic mass is 9.96. The van der Waals surface area contributed by atoms with E-state index in [4.69, 9.17) is 0 Å². The number of hydrogen-bond acceptors (Lipinski definition) is 2. The summed E-state index contributed by atoms with van der Waals surface area (Å²) in [6.45, 7) is 2.22. The van der Waals surface area contributed by atoms with Gasteiger partial charge in [0.1, 0.15) is 0 Å². The molecule has 2 heterocycles. The van der Waals surface area contributed by atoms with Gasteiger partial charge in [0.25, 0.3) is 0 Å². The van der Waals surface area contributed by atoms with Gasteiger partial charge in [0.2, 0.25) is 0 Å². The maximum atomic E-state index is 4.45. The van der Waals surface area contributed by atoms with Gasteiger partial charge in [-0.3, -0.25) is 0 Å². The smallest absolute Gasteiger partial charge is 0.0648 e. The van der Waals surface area contributed by atoms with Crippen molar-refractivity contribution in [1.82, 2.24) is 15.1 Å². The topological polar surface area (TPSA) is 29.9 Å². The van der Waals surface area contributed by atoms with Crippen LogP contribution in [0, 0.1) is 0 Å². The van der Waals surface area contributed by atoms with Crippen LogP contribution in [0.2, 0.25) is 0 Å². The molecule has 1 aliphatic heterocycles. The molecule has 1 atom stereocenters. The Labute approximate surface area is 101 Å². The highest BCUT2D eigenvalue weighted by atomic mass is 15.3. The first kappa shape index (κ1) is 10.5. The van der Waals surface area contributed by atoms with E-state index in [1.807, 2.05) is 12.3 Å². The van der Waals surface area contributed by atoms with E-state index in [0.29, 0.717) is 5.92 Å². The molecule has 2 aromatic rings. The Kier molecular flexibility index (Phi) is 2.92. The minimum atomic E-state index is 0.589. The summed E-state index contributed by atoms with van der Waals surface area (Å²) in [5.41, 5.74) is 2.47. The van der Waals surface area contributed by atoms with E-state index in [1.165, 1.54) is 18.5 Å². The minimum Gasteiger partial charge on any atom is -0.316 e. The van der Waals surface area contributed by atoms with Crippen molar-refractivity contribution >= 4 is 0 Å².